The molecule has 1 aliphatic rings. The highest BCUT2D eigenvalue weighted by Gasteiger charge is 2.14. The lowest BCUT2D eigenvalue weighted by Crippen LogP contribution is -2.38. The number of anilines is 1. The molecule has 0 aliphatic carbocycles. The van der Waals surface area contributed by atoms with Gasteiger partial charge in [-0.25, -0.2) is 4.79 Å². The number of nitrogens with one attached hydrogen (secondary N) is 1. The van der Waals surface area contributed by atoms with Crippen molar-refractivity contribution in [3.8, 4) is 0 Å². The van der Waals surface area contributed by atoms with E-state index in [4.69, 9.17) is 4.74 Å². The second kappa shape index (κ2) is 8.72. The highest BCUT2D eigenvalue weighted by Crippen LogP contribution is 2.18. The first-order valence-electron chi connectivity index (χ1n) is 9.11. The van der Waals surface area contributed by atoms with E-state index < -0.39 is 0 Å². The standard InChI is InChI=1S/C21H27N3O2/c1-17(19-6-4-3-5-7-19)22-21(25)23(2)16-18-8-10-20(11-9-18)24-12-14-26-15-13-24/h3-11,17H,12-16H2,1-2H3,(H,22,25). The van der Waals surface area contributed by atoms with Crippen LogP contribution in [0.1, 0.15) is 24.1 Å². The molecule has 0 saturated carbocycles. The van der Waals surface area contributed by atoms with Crippen LogP contribution in [0.4, 0.5) is 10.5 Å². The summed E-state index contributed by atoms with van der Waals surface area (Å²) in [5.41, 5.74) is 3.43. The first-order chi connectivity index (χ1) is 12.6. The summed E-state index contributed by atoms with van der Waals surface area (Å²) in [6, 6.07) is 18.3. The Balaban J connectivity index is 1.53. The number of amides is 2. The summed E-state index contributed by atoms with van der Waals surface area (Å²) < 4.78 is 5.39. The minimum Gasteiger partial charge on any atom is -0.378 e. The van der Waals surface area contributed by atoms with Crippen molar-refractivity contribution in [1.29, 1.82) is 0 Å². The zero-order valence-corrected chi connectivity index (χ0v) is 15.5. The van der Waals surface area contributed by atoms with E-state index in [1.807, 2.05) is 44.3 Å². The van der Waals surface area contributed by atoms with Crippen LogP contribution in [-0.4, -0.2) is 44.3 Å². The number of carbonyl (C=O) groups is 1. The molecule has 0 bridgehead atoms. The van der Waals surface area contributed by atoms with Gasteiger partial charge in [-0.15, -0.1) is 0 Å². The molecule has 1 atom stereocenters. The Bertz CT molecular complexity index is 697. The summed E-state index contributed by atoms with van der Waals surface area (Å²) in [6.45, 7) is 6.00. The molecule has 1 heterocycles. The molecule has 0 spiro atoms. The molecule has 1 aliphatic heterocycles. The van der Waals surface area contributed by atoms with E-state index in [0.29, 0.717) is 6.54 Å². The number of hydrogen-bond donors (Lipinski definition) is 1. The Morgan fingerprint density at radius 1 is 1.12 bits per heavy atom. The molecule has 0 aromatic heterocycles. The lowest BCUT2D eigenvalue weighted by molar-refractivity contribution is 0.122. The van der Waals surface area contributed by atoms with E-state index in [2.05, 4.69) is 34.5 Å². The van der Waals surface area contributed by atoms with E-state index in [1.165, 1.54) is 5.69 Å². The van der Waals surface area contributed by atoms with Gasteiger partial charge in [-0.2, -0.15) is 0 Å². The predicted molar refractivity (Wildman–Crippen MR) is 104 cm³/mol. The molecule has 1 fully saturated rings. The minimum absolute atomic E-state index is 0.0187. The maximum absolute atomic E-state index is 12.4. The molecule has 2 aromatic carbocycles. The van der Waals surface area contributed by atoms with Gasteiger partial charge in [0, 0.05) is 32.4 Å². The van der Waals surface area contributed by atoms with Crippen molar-refractivity contribution in [3.63, 3.8) is 0 Å². The van der Waals surface area contributed by atoms with Crippen molar-refractivity contribution in [2.45, 2.75) is 19.5 Å². The summed E-state index contributed by atoms with van der Waals surface area (Å²) in [5.74, 6) is 0. The van der Waals surface area contributed by atoms with Crippen molar-refractivity contribution in [2.75, 3.05) is 38.3 Å². The van der Waals surface area contributed by atoms with Crippen LogP contribution < -0.4 is 10.2 Å². The first kappa shape index (κ1) is 18.3. The van der Waals surface area contributed by atoms with Crippen LogP contribution in [0.5, 0.6) is 0 Å². The van der Waals surface area contributed by atoms with Crippen LogP contribution in [0.25, 0.3) is 0 Å². The Hall–Kier alpha value is -2.53. The molecule has 3 rings (SSSR count). The predicted octanol–water partition coefficient (Wildman–Crippen LogP) is 3.43. The van der Waals surface area contributed by atoms with Crippen molar-refractivity contribution in [1.82, 2.24) is 10.2 Å². The summed E-state index contributed by atoms with van der Waals surface area (Å²) >= 11 is 0. The monoisotopic (exact) mass is 353 g/mol. The fourth-order valence-electron chi connectivity index (χ4n) is 3.10. The highest BCUT2D eigenvalue weighted by molar-refractivity contribution is 5.74. The fraction of sp³-hybridized carbons (Fsp3) is 0.381. The summed E-state index contributed by atoms with van der Waals surface area (Å²) in [6.07, 6.45) is 0. The van der Waals surface area contributed by atoms with Gasteiger partial charge in [0.15, 0.2) is 0 Å². The molecule has 2 aromatic rings. The van der Waals surface area contributed by atoms with Gasteiger partial charge in [-0.1, -0.05) is 42.5 Å². The molecule has 2 amide bonds. The van der Waals surface area contributed by atoms with Gasteiger partial charge in [0.05, 0.1) is 19.3 Å². The molecule has 26 heavy (non-hydrogen) atoms. The molecule has 138 valence electrons. The normalized spacial score (nSPS) is 15.4. The topological polar surface area (TPSA) is 44.8 Å². The van der Waals surface area contributed by atoms with Crippen LogP contribution in [0, 0.1) is 0 Å². The van der Waals surface area contributed by atoms with Gasteiger partial charge in [-0.3, -0.25) is 0 Å². The van der Waals surface area contributed by atoms with Gasteiger partial charge in [-0.05, 0) is 30.2 Å². The fourth-order valence-corrected chi connectivity index (χ4v) is 3.10. The van der Waals surface area contributed by atoms with Crippen molar-refractivity contribution in [3.05, 3.63) is 65.7 Å². The molecule has 5 heteroatoms. The SMILES string of the molecule is CC(NC(=O)N(C)Cc1ccc(N2CCOCC2)cc1)c1ccccc1. The molecule has 1 saturated heterocycles. The van der Waals surface area contributed by atoms with E-state index in [-0.39, 0.29) is 12.1 Å². The molecule has 1 unspecified atom stereocenters. The number of urea groups is 1. The Morgan fingerprint density at radius 3 is 2.42 bits per heavy atom. The first-order valence-corrected chi connectivity index (χ1v) is 9.11. The summed E-state index contributed by atoms with van der Waals surface area (Å²) in [4.78, 5) is 16.5. The summed E-state index contributed by atoms with van der Waals surface area (Å²) in [7, 11) is 1.82. The van der Waals surface area contributed by atoms with Crippen LogP contribution in [-0.2, 0) is 11.3 Å². The van der Waals surface area contributed by atoms with Gasteiger partial charge < -0.3 is 19.9 Å². The molecular formula is C21H27N3O2. The highest BCUT2D eigenvalue weighted by atomic mass is 16.5. The van der Waals surface area contributed by atoms with Gasteiger partial charge >= 0.3 is 6.03 Å². The average molecular weight is 353 g/mol. The van der Waals surface area contributed by atoms with Crippen molar-refractivity contribution < 1.29 is 9.53 Å². The number of ether oxygens (including phenoxy) is 1. The van der Waals surface area contributed by atoms with E-state index in [1.54, 1.807) is 4.90 Å². The Labute approximate surface area is 155 Å². The smallest absolute Gasteiger partial charge is 0.317 e. The number of morpholine rings is 1. The largest absolute Gasteiger partial charge is 0.378 e. The molecular weight excluding hydrogens is 326 g/mol. The quantitative estimate of drug-likeness (QED) is 0.896. The Kier molecular flexibility index (Phi) is 6.12. The maximum Gasteiger partial charge on any atom is 0.317 e. The van der Waals surface area contributed by atoms with E-state index >= 15 is 0 Å². The van der Waals surface area contributed by atoms with E-state index in [0.717, 1.165) is 37.4 Å². The molecule has 5 nitrogen and oxygen atoms in total. The van der Waals surface area contributed by atoms with Crippen LogP contribution in [0.3, 0.4) is 0 Å². The second-order valence-electron chi connectivity index (χ2n) is 6.70. The average Bonchev–Trinajstić information content (AvgIpc) is 2.70. The third-order valence-corrected chi connectivity index (χ3v) is 4.72. The van der Waals surface area contributed by atoms with Crippen LogP contribution >= 0.6 is 0 Å². The van der Waals surface area contributed by atoms with Gasteiger partial charge in [0.25, 0.3) is 0 Å². The minimum atomic E-state index is -0.0707. The Morgan fingerprint density at radius 2 is 1.77 bits per heavy atom. The maximum atomic E-state index is 12.4. The number of hydrogen-bond acceptors (Lipinski definition) is 3. The van der Waals surface area contributed by atoms with E-state index in [9.17, 15) is 4.79 Å². The van der Waals surface area contributed by atoms with Crippen LogP contribution in [0.2, 0.25) is 0 Å². The third-order valence-electron chi connectivity index (χ3n) is 4.72. The third kappa shape index (κ3) is 4.76. The molecule has 1 N–H and O–H groups in total. The van der Waals surface area contributed by atoms with Crippen molar-refractivity contribution in [2.24, 2.45) is 0 Å². The lowest BCUT2D eigenvalue weighted by Gasteiger charge is -2.29. The number of nitrogens with zero attached hydrogens (tertiary/aromatic N) is 2. The van der Waals surface area contributed by atoms with Crippen molar-refractivity contribution >= 4 is 11.7 Å². The van der Waals surface area contributed by atoms with Gasteiger partial charge in [0.2, 0.25) is 0 Å². The summed E-state index contributed by atoms with van der Waals surface area (Å²) in [5, 5.41) is 3.04. The second-order valence-corrected chi connectivity index (χ2v) is 6.70. The zero-order chi connectivity index (χ0) is 18.4. The zero-order valence-electron chi connectivity index (χ0n) is 15.5. The lowest BCUT2D eigenvalue weighted by atomic mass is 10.1. The number of carbonyl (C=O) groups excluding carboxylic acids is 1. The number of benzene rings is 2. The number of rotatable bonds is 5. The molecule has 0 radical (unpaired) electrons. The van der Waals surface area contributed by atoms with Crippen LogP contribution in [0.15, 0.2) is 54.6 Å². The van der Waals surface area contributed by atoms with Gasteiger partial charge in [0.1, 0.15) is 0 Å².